The average Bonchev–Trinajstić information content (AvgIpc) is 2.44. The Bertz CT molecular complexity index is 796. The molecular formula is C15H14ClNO4. The first kappa shape index (κ1) is 13.9. The number of hydrogen-bond donors (Lipinski definition) is 0. The van der Waals surface area contributed by atoms with Crippen LogP contribution in [0.15, 0.2) is 23.1 Å². The Kier molecular flexibility index (Phi) is 3.37. The minimum atomic E-state index is -0.631. The smallest absolute Gasteiger partial charge is 0.343 e. The van der Waals surface area contributed by atoms with Gasteiger partial charge in [-0.15, -0.1) is 0 Å². The van der Waals surface area contributed by atoms with E-state index in [1.807, 2.05) is 11.5 Å². The van der Waals surface area contributed by atoms with Crippen LogP contribution in [-0.4, -0.2) is 23.2 Å². The number of aromatic nitrogens is 1. The zero-order chi connectivity index (χ0) is 15.1. The lowest BCUT2D eigenvalue weighted by Gasteiger charge is -2.26. The maximum Gasteiger partial charge on any atom is 0.343 e. The first-order valence-corrected chi connectivity index (χ1v) is 7.10. The van der Waals surface area contributed by atoms with Crippen LogP contribution in [0.2, 0.25) is 5.02 Å². The maximum absolute atomic E-state index is 12.5. The summed E-state index contributed by atoms with van der Waals surface area (Å²) in [5.41, 5.74) is 0.195. The first-order valence-electron chi connectivity index (χ1n) is 6.72. The first-order chi connectivity index (χ1) is 10.0. The summed E-state index contributed by atoms with van der Waals surface area (Å²) < 4.78 is 12.5. The van der Waals surface area contributed by atoms with Gasteiger partial charge in [-0.05, 0) is 26.0 Å². The highest BCUT2D eigenvalue weighted by molar-refractivity contribution is 6.35. The second-order valence-electron chi connectivity index (χ2n) is 4.94. The van der Waals surface area contributed by atoms with Crippen molar-refractivity contribution in [2.45, 2.75) is 26.5 Å². The zero-order valence-corrected chi connectivity index (χ0v) is 12.4. The Morgan fingerprint density at radius 1 is 1.52 bits per heavy atom. The van der Waals surface area contributed by atoms with E-state index in [9.17, 15) is 9.59 Å². The van der Waals surface area contributed by atoms with Crippen LogP contribution in [0.1, 0.15) is 24.2 Å². The van der Waals surface area contributed by atoms with Crippen LogP contribution < -0.4 is 10.2 Å². The molecule has 0 radical (unpaired) electrons. The van der Waals surface area contributed by atoms with E-state index in [4.69, 9.17) is 21.1 Å². The minimum absolute atomic E-state index is 0.00231. The van der Waals surface area contributed by atoms with Crippen molar-refractivity contribution in [2.75, 3.05) is 6.61 Å². The topological polar surface area (TPSA) is 57.5 Å². The number of rotatable bonds is 2. The summed E-state index contributed by atoms with van der Waals surface area (Å²) in [6.07, 6.45) is 1.47. The molecule has 21 heavy (non-hydrogen) atoms. The summed E-state index contributed by atoms with van der Waals surface area (Å²) in [5, 5.41) is 0.600. The molecular weight excluding hydrogens is 294 g/mol. The number of nitrogens with zero attached hydrogens (tertiary/aromatic N) is 1. The molecule has 0 spiro atoms. The second kappa shape index (κ2) is 5.07. The van der Waals surface area contributed by atoms with E-state index >= 15 is 0 Å². The Morgan fingerprint density at radius 3 is 3.00 bits per heavy atom. The van der Waals surface area contributed by atoms with Crippen molar-refractivity contribution in [3.63, 3.8) is 0 Å². The van der Waals surface area contributed by atoms with Gasteiger partial charge in [0.05, 0.1) is 29.1 Å². The number of benzene rings is 1. The van der Waals surface area contributed by atoms with Crippen molar-refractivity contribution in [1.29, 1.82) is 0 Å². The molecule has 1 aliphatic rings. The van der Waals surface area contributed by atoms with Gasteiger partial charge in [-0.1, -0.05) is 11.6 Å². The molecule has 5 nitrogen and oxygen atoms in total. The van der Waals surface area contributed by atoms with Gasteiger partial charge in [0, 0.05) is 6.20 Å². The minimum Gasteiger partial charge on any atom is -0.487 e. The van der Waals surface area contributed by atoms with E-state index in [1.54, 1.807) is 19.1 Å². The van der Waals surface area contributed by atoms with Crippen LogP contribution in [0.25, 0.3) is 10.9 Å². The van der Waals surface area contributed by atoms with E-state index in [0.29, 0.717) is 28.2 Å². The Balaban J connectivity index is 2.36. The Labute approximate surface area is 126 Å². The number of hydrogen-bond acceptors (Lipinski definition) is 4. The summed E-state index contributed by atoms with van der Waals surface area (Å²) in [6, 6.07) is 3.35. The second-order valence-corrected chi connectivity index (χ2v) is 5.35. The number of pyridine rings is 1. The highest BCUT2D eigenvalue weighted by Gasteiger charge is 2.24. The average molecular weight is 308 g/mol. The van der Waals surface area contributed by atoms with Crippen molar-refractivity contribution in [3.8, 4) is 5.75 Å². The molecule has 3 rings (SSSR count). The summed E-state index contributed by atoms with van der Waals surface area (Å²) in [5.74, 6) is -0.0329. The predicted octanol–water partition coefficient (Wildman–Crippen LogP) is 2.61. The number of ether oxygens (including phenoxy) is 2. The van der Waals surface area contributed by atoms with Crippen LogP contribution in [0.3, 0.4) is 0 Å². The van der Waals surface area contributed by atoms with Crippen molar-refractivity contribution < 1.29 is 14.3 Å². The lowest BCUT2D eigenvalue weighted by molar-refractivity contribution is 0.0523. The van der Waals surface area contributed by atoms with Crippen molar-refractivity contribution in [2.24, 2.45) is 0 Å². The zero-order valence-electron chi connectivity index (χ0n) is 11.7. The third kappa shape index (κ3) is 2.17. The van der Waals surface area contributed by atoms with Gasteiger partial charge in [-0.2, -0.15) is 0 Å². The van der Waals surface area contributed by atoms with Crippen molar-refractivity contribution in [1.82, 2.24) is 4.57 Å². The number of carbonyl (C=O) groups is 1. The molecule has 1 aromatic heterocycles. The third-order valence-corrected chi connectivity index (χ3v) is 3.73. The lowest BCUT2D eigenvalue weighted by atomic mass is 10.1. The Morgan fingerprint density at radius 2 is 2.29 bits per heavy atom. The number of halogens is 1. The standard InChI is InChI=1S/C15H14ClNO4/c1-3-20-15(19)9-7-17-6-8(2)21-11-5-4-10(16)12(13(11)17)14(9)18/h4-5,7-8H,3,6H2,1-2H3. The number of esters is 1. The molecule has 2 heterocycles. The molecule has 0 saturated carbocycles. The van der Waals surface area contributed by atoms with E-state index in [-0.39, 0.29) is 18.3 Å². The molecule has 0 fully saturated rings. The van der Waals surface area contributed by atoms with Gasteiger partial charge < -0.3 is 14.0 Å². The van der Waals surface area contributed by atoms with Crippen LogP contribution in [0.5, 0.6) is 5.75 Å². The molecule has 0 saturated heterocycles. The van der Waals surface area contributed by atoms with Crippen molar-refractivity contribution in [3.05, 3.63) is 39.1 Å². The molecule has 6 heteroatoms. The van der Waals surface area contributed by atoms with Crippen molar-refractivity contribution >= 4 is 28.5 Å². The van der Waals surface area contributed by atoms with Crippen LogP contribution >= 0.6 is 11.6 Å². The van der Waals surface area contributed by atoms with E-state index in [2.05, 4.69) is 0 Å². The van der Waals surface area contributed by atoms with Gasteiger partial charge in [0.1, 0.15) is 17.4 Å². The molecule has 2 aromatic rings. The van der Waals surface area contributed by atoms with E-state index in [0.717, 1.165) is 0 Å². The summed E-state index contributed by atoms with van der Waals surface area (Å²) in [6.45, 7) is 4.37. The fraction of sp³-hybridized carbons (Fsp3) is 0.333. The summed E-state index contributed by atoms with van der Waals surface area (Å²) in [7, 11) is 0. The molecule has 1 atom stereocenters. The summed E-state index contributed by atoms with van der Waals surface area (Å²) in [4.78, 5) is 24.5. The molecule has 110 valence electrons. The van der Waals surface area contributed by atoms with Gasteiger partial charge in [-0.25, -0.2) is 4.79 Å². The normalized spacial score (nSPS) is 16.6. The van der Waals surface area contributed by atoms with E-state index in [1.165, 1.54) is 6.20 Å². The summed E-state index contributed by atoms with van der Waals surface area (Å²) >= 11 is 6.16. The largest absolute Gasteiger partial charge is 0.487 e. The SMILES string of the molecule is CCOC(=O)c1cn2c3c(ccc(Cl)c3c1=O)OC(C)C2. The highest BCUT2D eigenvalue weighted by atomic mass is 35.5. The van der Waals surface area contributed by atoms with Gasteiger partial charge >= 0.3 is 5.97 Å². The molecule has 1 aliphatic heterocycles. The fourth-order valence-electron chi connectivity index (χ4n) is 2.59. The molecule has 1 aromatic carbocycles. The molecule has 0 aliphatic carbocycles. The fourth-order valence-corrected chi connectivity index (χ4v) is 2.82. The van der Waals surface area contributed by atoms with Gasteiger partial charge in [0.2, 0.25) is 5.43 Å². The number of carbonyl (C=O) groups excluding carboxylic acids is 1. The molecule has 0 amide bonds. The van der Waals surface area contributed by atoms with Gasteiger partial charge in [0.25, 0.3) is 0 Å². The molecule has 1 unspecified atom stereocenters. The maximum atomic E-state index is 12.5. The van der Waals surface area contributed by atoms with Crippen LogP contribution in [-0.2, 0) is 11.3 Å². The molecule has 0 bridgehead atoms. The quantitative estimate of drug-likeness (QED) is 0.800. The van der Waals surface area contributed by atoms with Gasteiger partial charge in [0.15, 0.2) is 0 Å². The highest BCUT2D eigenvalue weighted by Crippen LogP contribution is 2.33. The Hall–Kier alpha value is -2.01. The van der Waals surface area contributed by atoms with E-state index < -0.39 is 11.4 Å². The van der Waals surface area contributed by atoms with Gasteiger partial charge in [-0.3, -0.25) is 4.79 Å². The van der Waals surface area contributed by atoms with Crippen LogP contribution in [0.4, 0.5) is 0 Å². The molecule has 0 N–H and O–H groups in total. The predicted molar refractivity (Wildman–Crippen MR) is 79.3 cm³/mol. The lowest BCUT2D eigenvalue weighted by Crippen LogP contribution is -2.29. The monoisotopic (exact) mass is 307 g/mol. The van der Waals surface area contributed by atoms with Crippen LogP contribution in [0, 0.1) is 0 Å². The third-order valence-electron chi connectivity index (χ3n) is 3.41.